The minimum Gasteiger partial charge on any atom is -0.508 e. The first-order valence-corrected chi connectivity index (χ1v) is 18.8. The van der Waals surface area contributed by atoms with Gasteiger partial charge >= 0.3 is 0 Å². The van der Waals surface area contributed by atoms with Gasteiger partial charge in [0.1, 0.15) is 34.5 Å². The summed E-state index contributed by atoms with van der Waals surface area (Å²) in [6.45, 7) is 2.85. The van der Waals surface area contributed by atoms with Crippen molar-refractivity contribution in [1.29, 1.82) is 0 Å². The molecule has 0 aliphatic carbocycles. The molecule has 0 radical (unpaired) electrons. The molecule has 0 aliphatic heterocycles. The van der Waals surface area contributed by atoms with E-state index in [-0.39, 0.29) is 51.5 Å². The van der Waals surface area contributed by atoms with Crippen LogP contribution in [0.3, 0.4) is 0 Å². The molecule has 57 heavy (non-hydrogen) atoms. The molecule has 0 amide bonds. The average Bonchev–Trinajstić information content (AvgIpc) is 3.24. The Morgan fingerprint density at radius 1 is 0.456 bits per heavy atom. The van der Waals surface area contributed by atoms with Crippen molar-refractivity contribution in [3.63, 3.8) is 0 Å². The van der Waals surface area contributed by atoms with Crippen molar-refractivity contribution in [2.45, 2.75) is 45.4 Å². The van der Waals surface area contributed by atoms with E-state index in [4.69, 9.17) is 14.6 Å². The van der Waals surface area contributed by atoms with Crippen molar-refractivity contribution in [3.05, 3.63) is 179 Å². The maximum Gasteiger partial charge on any atom is 0.196 e. The minimum atomic E-state index is -0.266. The van der Waals surface area contributed by atoms with E-state index in [0.717, 1.165) is 18.9 Å². The van der Waals surface area contributed by atoms with Gasteiger partial charge in [-0.25, -0.2) is 0 Å². The Morgan fingerprint density at radius 2 is 0.842 bits per heavy atom. The second-order valence-corrected chi connectivity index (χ2v) is 13.0. The Hall–Kier alpha value is -6.87. The molecule has 0 bridgehead atoms. The first-order valence-electron chi connectivity index (χ1n) is 18.8. The van der Waals surface area contributed by atoms with Gasteiger partial charge in [0, 0.05) is 34.9 Å². The highest BCUT2D eigenvalue weighted by Gasteiger charge is 2.16. The normalized spacial score (nSPS) is 10.2. The van der Waals surface area contributed by atoms with E-state index in [9.17, 15) is 29.7 Å². The number of ether oxygens (including phenoxy) is 2. The fourth-order valence-electron chi connectivity index (χ4n) is 5.64. The van der Waals surface area contributed by atoms with Gasteiger partial charge in [0.2, 0.25) is 0 Å². The van der Waals surface area contributed by atoms with Crippen LogP contribution in [0.15, 0.2) is 146 Å². The lowest BCUT2D eigenvalue weighted by molar-refractivity contribution is 0.102. The summed E-state index contributed by atoms with van der Waals surface area (Å²) in [7, 11) is 1.51. The largest absolute Gasteiger partial charge is 0.508 e. The fourth-order valence-corrected chi connectivity index (χ4v) is 5.64. The van der Waals surface area contributed by atoms with Crippen molar-refractivity contribution >= 4 is 17.3 Å². The molecule has 0 spiro atoms. The van der Waals surface area contributed by atoms with Gasteiger partial charge in [0.25, 0.3) is 0 Å². The predicted octanol–water partition coefficient (Wildman–Crippen LogP) is 10.3. The minimum absolute atomic E-state index is 0.0377. The summed E-state index contributed by atoms with van der Waals surface area (Å²) in [5, 5.41) is 38.5. The van der Waals surface area contributed by atoms with Crippen LogP contribution in [0.1, 0.15) is 93.2 Å². The van der Waals surface area contributed by atoms with E-state index in [1.807, 2.05) is 30.3 Å². The number of carbonyl (C=O) groups excluding carboxylic acids is 3. The van der Waals surface area contributed by atoms with Gasteiger partial charge in [-0.05, 0) is 42.8 Å². The number of carbonyl (C=O) groups is 3. The van der Waals surface area contributed by atoms with Gasteiger partial charge in [-0.15, -0.1) is 0 Å². The van der Waals surface area contributed by atoms with Gasteiger partial charge in [0.05, 0.1) is 30.4 Å². The molecule has 0 saturated heterocycles. The van der Waals surface area contributed by atoms with Crippen LogP contribution in [0, 0.1) is 0 Å². The predicted molar refractivity (Wildman–Crippen MR) is 221 cm³/mol. The van der Waals surface area contributed by atoms with Gasteiger partial charge < -0.3 is 29.9 Å². The maximum atomic E-state index is 12.4. The molecule has 0 aliphatic rings. The molecule has 9 heteroatoms. The molecule has 0 atom stereocenters. The molecule has 0 saturated carbocycles. The highest BCUT2D eigenvalue weighted by Crippen LogP contribution is 2.28. The zero-order chi connectivity index (χ0) is 41.0. The topological polar surface area (TPSA) is 151 Å². The second kappa shape index (κ2) is 22.5. The van der Waals surface area contributed by atoms with Gasteiger partial charge in [-0.1, -0.05) is 130 Å². The molecule has 0 fully saturated rings. The van der Waals surface area contributed by atoms with Crippen molar-refractivity contribution in [2.24, 2.45) is 0 Å². The first-order chi connectivity index (χ1) is 27.6. The molecule has 9 nitrogen and oxygen atoms in total. The van der Waals surface area contributed by atoms with E-state index >= 15 is 0 Å². The van der Waals surface area contributed by atoms with E-state index in [2.05, 4.69) is 6.92 Å². The zero-order valence-corrected chi connectivity index (χ0v) is 32.1. The number of phenols is 4. The Labute approximate surface area is 333 Å². The Balaban J connectivity index is 0.000000195. The maximum absolute atomic E-state index is 12.4. The SMILES string of the molecule is CCCCCCCCOc1ccc(C(=O)c2ccccc2)c(O)c1.COc1ccc(C(=O)c2ccccc2)c(O)c1.O=C(c1ccccc1)c1ccc(O)cc1O. The summed E-state index contributed by atoms with van der Waals surface area (Å²) < 4.78 is 10.6. The van der Waals surface area contributed by atoms with Crippen molar-refractivity contribution in [1.82, 2.24) is 0 Å². The number of methoxy groups -OCH3 is 1. The Kier molecular flexibility index (Phi) is 16.9. The molecule has 0 aromatic heterocycles. The summed E-state index contributed by atoms with van der Waals surface area (Å²) >= 11 is 0. The van der Waals surface area contributed by atoms with Crippen molar-refractivity contribution in [3.8, 4) is 34.5 Å². The van der Waals surface area contributed by atoms with Crippen LogP contribution < -0.4 is 9.47 Å². The van der Waals surface area contributed by atoms with Crippen molar-refractivity contribution in [2.75, 3.05) is 13.7 Å². The van der Waals surface area contributed by atoms with E-state index < -0.39 is 0 Å². The van der Waals surface area contributed by atoms with Gasteiger partial charge in [-0.3, -0.25) is 14.4 Å². The lowest BCUT2D eigenvalue weighted by atomic mass is 10.0. The summed E-state index contributed by atoms with van der Waals surface area (Å²) in [5.41, 5.74) is 2.37. The molecular weight excluding hydrogens is 721 g/mol. The van der Waals surface area contributed by atoms with Crippen LogP contribution in [-0.4, -0.2) is 51.5 Å². The number of aromatic hydroxyl groups is 4. The highest BCUT2D eigenvalue weighted by molar-refractivity contribution is 6.12. The number of benzene rings is 6. The van der Waals surface area contributed by atoms with Crippen LogP contribution in [0.25, 0.3) is 0 Å². The number of hydrogen-bond donors (Lipinski definition) is 4. The third-order valence-corrected chi connectivity index (χ3v) is 8.76. The summed E-state index contributed by atoms with van der Waals surface area (Å²) in [6.07, 6.45) is 7.25. The van der Waals surface area contributed by atoms with Gasteiger partial charge in [0.15, 0.2) is 17.3 Å². The monoisotopic (exact) mass is 768 g/mol. The number of unbranched alkanes of at least 4 members (excludes halogenated alkanes) is 5. The standard InChI is InChI=1S/C21H26O3.C14H12O3.C13H10O3/c1-2-3-4-5-6-10-15-24-18-13-14-19(20(22)16-18)21(23)17-11-8-7-9-12-17;1-17-11-7-8-12(13(15)9-11)14(16)10-5-3-2-4-6-10;14-10-6-7-11(12(15)8-10)13(16)9-4-2-1-3-5-9/h7-9,11-14,16,22H,2-6,10,15H2,1H3;2-9,15H,1H3;1-8,14-15H. The summed E-state index contributed by atoms with van der Waals surface area (Å²) in [4.78, 5) is 36.4. The molecule has 4 N–H and O–H groups in total. The Bertz CT molecular complexity index is 2180. The molecule has 6 aromatic carbocycles. The van der Waals surface area contributed by atoms with Gasteiger partial charge in [-0.2, -0.15) is 0 Å². The number of ketones is 3. The molecule has 6 rings (SSSR count). The lowest BCUT2D eigenvalue weighted by Crippen LogP contribution is -2.02. The van der Waals surface area contributed by atoms with Crippen LogP contribution in [0.4, 0.5) is 0 Å². The number of hydrogen-bond acceptors (Lipinski definition) is 9. The van der Waals surface area contributed by atoms with E-state index in [0.29, 0.717) is 40.4 Å². The summed E-state index contributed by atoms with van der Waals surface area (Å²) in [5.74, 6) is 0.0793. The molecule has 0 heterocycles. The smallest absolute Gasteiger partial charge is 0.196 e. The molecule has 294 valence electrons. The lowest BCUT2D eigenvalue weighted by Gasteiger charge is -2.09. The molecule has 6 aromatic rings. The average molecular weight is 769 g/mol. The summed E-state index contributed by atoms with van der Waals surface area (Å²) in [6, 6.07) is 39.9. The first kappa shape index (κ1) is 42.9. The van der Waals surface area contributed by atoms with Crippen LogP contribution in [0.5, 0.6) is 34.5 Å². The van der Waals surface area contributed by atoms with Crippen LogP contribution in [-0.2, 0) is 0 Å². The molecule has 0 unspecified atom stereocenters. The molecular formula is C48H48O9. The quantitative estimate of drug-likeness (QED) is 0.0591. The van der Waals surface area contributed by atoms with E-state index in [1.165, 1.54) is 57.1 Å². The zero-order valence-electron chi connectivity index (χ0n) is 32.1. The van der Waals surface area contributed by atoms with Crippen LogP contribution >= 0.6 is 0 Å². The van der Waals surface area contributed by atoms with E-state index in [1.54, 1.807) is 84.9 Å². The van der Waals surface area contributed by atoms with Crippen LogP contribution in [0.2, 0.25) is 0 Å². The Morgan fingerprint density at radius 3 is 1.26 bits per heavy atom. The van der Waals surface area contributed by atoms with Crippen molar-refractivity contribution < 1.29 is 44.3 Å². The third-order valence-electron chi connectivity index (χ3n) is 8.76. The highest BCUT2D eigenvalue weighted by atomic mass is 16.5. The second-order valence-electron chi connectivity index (χ2n) is 13.0. The number of phenolic OH excluding ortho intramolecular Hbond substituents is 4. The fraction of sp³-hybridized carbons (Fsp3) is 0.188. The third kappa shape index (κ3) is 13.1. The number of rotatable bonds is 15.